The molecule has 1 saturated heterocycles. The van der Waals surface area contributed by atoms with Crippen LogP contribution in [-0.4, -0.2) is 52.0 Å². The summed E-state index contributed by atoms with van der Waals surface area (Å²) in [5.74, 6) is -0.838. The Morgan fingerprint density at radius 2 is 2.37 bits per heavy atom. The molecule has 0 amide bonds. The molecule has 1 aromatic heterocycles. The van der Waals surface area contributed by atoms with E-state index in [-0.39, 0.29) is 12.0 Å². The van der Waals surface area contributed by atoms with Gasteiger partial charge in [-0.3, -0.25) is 14.8 Å². The van der Waals surface area contributed by atoms with Crippen molar-refractivity contribution < 1.29 is 14.6 Å². The van der Waals surface area contributed by atoms with Crippen LogP contribution in [0.3, 0.4) is 0 Å². The lowest BCUT2D eigenvalue weighted by Crippen LogP contribution is -2.49. The molecule has 0 aliphatic carbocycles. The van der Waals surface area contributed by atoms with Crippen LogP contribution in [0, 0.1) is 0 Å². The number of aromatic amines is 1. The molecule has 0 saturated carbocycles. The number of H-pyrrole nitrogens is 1. The van der Waals surface area contributed by atoms with Crippen LogP contribution in [0.4, 0.5) is 0 Å². The van der Waals surface area contributed by atoms with Gasteiger partial charge >= 0.3 is 5.97 Å². The van der Waals surface area contributed by atoms with E-state index in [1.54, 1.807) is 0 Å². The lowest BCUT2D eigenvalue weighted by molar-refractivity contribution is -0.150. The lowest BCUT2D eigenvalue weighted by atomic mass is 9.92. The van der Waals surface area contributed by atoms with Crippen molar-refractivity contribution in [3.63, 3.8) is 0 Å². The van der Waals surface area contributed by atoms with Crippen molar-refractivity contribution in [3.8, 4) is 0 Å². The van der Waals surface area contributed by atoms with E-state index in [0.29, 0.717) is 19.7 Å². The van der Waals surface area contributed by atoms with Gasteiger partial charge in [0, 0.05) is 24.2 Å². The topological polar surface area (TPSA) is 78.5 Å². The van der Waals surface area contributed by atoms with Gasteiger partial charge in [-0.05, 0) is 6.07 Å². The number of aromatic nitrogens is 2. The molecule has 0 radical (unpaired) electrons. The third-order valence-corrected chi connectivity index (χ3v) is 3.30. The first-order chi connectivity index (χ1) is 8.88. The second-order valence-corrected chi connectivity index (χ2v) is 5.93. The third kappa shape index (κ3) is 3.33. The minimum absolute atomic E-state index is 0.00798. The molecule has 106 valence electrons. The van der Waals surface area contributed by atoms with Gasteiger partial charge < -0.3 is 9.84 Å². The number of hydrogen-bond donors (Lipinski definition) is 2. The molecule has 0 spiro atoms. The molecule has 2 heterocycles. The highest BCUT2D eigenvalue weighted by Gasteiger charge is 2.29. The van der Waals surface area contributed by atoms with E-state index >= 15 is 0 Å². The summed E-state index contributed by atoms with van der Waals surface area (Å²) < 4.78 is 5.22. The number of nitrogens with zero attached hydrogens (tertiary/aromatic N) is 2. The van der Waals surface area contributed by atoms with E-state index in [9.17, 15) is 9.90 Å². The summed E-state index contributed by atoms with van der Waals surface area (Å²) in [6.07, 6.45) is 0. The van der Waals surface area contributed by atoms with E-state index in [0.717, 1.165) is 11.4 Å². The zero-order valence-electron chi connectivity index (χ0n) is 11.6. The monoisotopic (exact) mass is 267 g/mol. The first kappa shape index (κ1) is 14.0. The van der Waals surface area contributed by atoms with Crippen LogP contribution >= 0.6 is 0 Å². The van der Waals surface area contributed by atoms with Crippen molar-refractivity contribution in [2.75, 3.05) is 19.8 Å². The summed E-state index contributed by atoms with van der Waals surface area (Å²) >= 11 is 0. The van der Waals surface area contributed by atoms with Crippen molar-refractivity contribution in [1.29, 1.82) is 0 Å². The average molecular weight is 267 g/mol. The number of ether oxygens (including phenoxy) is 1. The average Bonchev–Trinajstić information content (AvgIpc) is 2.77. The molecule has 6 nitrogen and oxygen atoms in total. The minimum Gasteiger partial charge on any atom is -0.480 e. The summed E-state index contributed by atoms with van der Waals surface area (Å²) in [5.41, 5.74) is 1.92. The zero-order chi connectivity index (χ0) is 14.0. The van der Waals surface area contributed by atoms with E-state index in [2.05, 4.69) is 31.0 Å². The lowest BCUT2D eigenvalue weighted by Gasteiger charge is -2.32. The van der Waals surface area contributed by atoms with E-state index in [1.807, 2.05) is 11.0 Å². The van der Waals surface area contributed by atoms with Gasteiger partial charge in [0.1, 0.15) is 6.04 Å². The number of carboxylic acids is 1. The maximum Gasteiger partial charge on any atom is 0.323 e. The molecule has 1 aliphatic rings. The number of carboxylic acid groups (broad SMARTS) is 1. The minimum atomic E-state index is -0.838. The molecule has 1 fully saturated rings. The summed E-state index contributed by atoms with van der Waals surface area (Å²) in [6.45, 7) is 8.30. The van der Waals surface area contributed by atoms with Crippen molar-refractivity contribution >= 4 is 5.97 Å². The Kier molecular flexibility index (Phi) is 3.91. The van der Waals surface area contributed by atoms with Crippen molar-refractivity contribution in [2.24, 2.45) is 0 Å². The summed E-state index contributed by atoms with van der Waals surface area (Å²) in [6, 6.07) is 1.43. The van der Waals surface area contributed by atoms with Crippen molar-refractivity contribution in [3.05, 3.63) is 17.5 Å². The fourth-order valence-electron chi connectivity index (χ4n) is 2.10. The number of hydrogen-bond acceptors (Lipinski definition) is 4. The van der Waals surface area contributed by atoms with E-state index in [4.69, 9.17) is 4.74 Å². The van der Waals surface area contributed by atoms with Gasteiger partial charge in [0.05, 0.1) is 18.9 Å². The highest BCUT2D eigenvalue weighted by atomic mass is 16.5. The van der Waals surface area contributed by atoms with Gasteiger partial charge in [0.15, 0.2) is 0 Å². The molecule has 1 aliphatic heterocycles. The second kappa shape index (κ2) is 5.30. The number of carbonyl (C=O) groups is 1. The molecule has 2 N–H and O–H groups in total. The first-order valence-corrected chi connectivity index (χ1v) is 6.47. The Morgan fingerprint density at radius 1 is 1.63 bits per heavy atom. The van der Waals surface area contributed by atoms with Crippen LogP contribution in [0.25, 0.3) is 0 Å². The number of morpholine rings is 1. The maximum absolute atomic E-state index is 11.2. The molecule has 6 heteroatoms. The van der Waals surface area contributed by atoms with Gasteiger partial charge in [-0.15, -0.1) is 0 Å². The van der Waals surface area contributed by atoms with Gasteiger partial charge in [-0.25, -0.2) is 0 Å². The number of aliphatic carboxylic acids is 1. The summed E-state index contributed by atoms with van der Waals surface area (Å²) in [5, 5.41) is 16.5. The number of nitrogens with one attached hydrogen (secondary N) is 1. The fraction of sp³-hybridized carbons (Fsp3) is 0.692. The van der Waals surface area contributed by atoms with Gasteiger partial charge in [0.2, 0.25) is 0 Å². The van der Waals surface area contributed by atoms with Crippen molar-refractivity contribution in [1.82, 2.24) is 15.1 Å². The third-order valence-electron chi connectivity index (χ3n) is 3.30. The number of rotatable bonds is 3. The summed E-state index contributed by atoms with van der Waals surface area (Å²) in [7, 11) is 0. The molecule has 0 aromatic carbocycles. The van der Waals surface area contributed by atoms with Gasteiger partial charge in [0.25, 0.3) is 0 Å². The van der Waals surface area contributed by atoms with Gasteiger partial charge in [-0.1, -0.05) is 20.8 Å². The fourth-order valence-corrected chi connectivity index (χ4v) is 2.10. The Labute approximate surface area is 112 Å². The van der Waals surface area contributed by atoms with Crippen LogP contribution in [-0.2, 0) is 21.5 Å². The quantitative estimate of drug-likeness (QED) is 0.854. The smallest absolute Gasteiger partial charge is 0.323 e. The molecular formula is C13H21N3O3. The molecular weight excluding hydrogens is 246 g/mol. The molecule has 0 unspecified atom stereocenters. The van der Waals surface area contributed by atoms with E-state index < -0.39 is 12.0 Å². The predicted octanol–water partition coefficient (Wildman–Crippen LogP) is 0.993. The molecule has 1 atom stereocenters. The zero-order valence-corrected chi connectivity index (χ0v) is 11.6. The van der Waals surface area contributed by atoms with E-state index in [1.165, 1.54) is 0 Å². The Morgan fingerprint density at radius 3 is 2.95 bits per heavy atom. The van der Waals surface area contributed by atoms with Crippen LogP contribution < -0.4 is 0 Å². The Hall–Kier alpha value is -1.40. The molecule has 19 heavy (non-hydrogen) atoms. The second-order valence-electron chi connectivity index (χ2n) is 5.93. The Balaban J connectivity index is 2.07. The van der Waals surface area contributed by atoms with Crippen molar-refractivity contribution in [2.45, 2.75) is 38.8 Å². The molecule has 2 rings (SSSR count). The normalized spacial score (nSPS) is 21.5. The van der Waals surface area contributed by atoms with Crippen LogP contribution in [0.2, 0.25) is 0 Å². The highest BCUT2D eigenvalue weighted by molar-refractivity contribution is 5.73. The predicted molar refractivity (Wildman–Crippen MR) is 69.9 cm³/mol. The SMILES string of the molecule is CC(C)(C)c1cc(CN2CCOC[C@@H]2C(=O)O)[nH]n1. The Bertz CT molecular complexity index is 450. The standard InChI is InChI=1S/C13H21N3O3/c1-13(2,3)11-6-9(14-15-11)7-16-4-5-19-8-10(16)12(17)18/h6,10H,4-5,7-8H2,1-3H3,(H,14,15)(H,17,18)/t10-/m1/s1. The van der Waals surface area contributed by atoms with Gasteiger partial charge in [-0.2, -0.15) is 5.10 Å². The molecule has 0 bridgehead atoms. The molecule has 1 aromatic rings. The largest absolute Gasteiger partial charge is 0.480 e. The highest BCUT2D eigenvalue weighted by Crippen LogP contribution is 2.21. The van der Waals surface area contributed by atoms with Crippen LogP contribution in [0.15, 0.2) is 6.07 Å². The first-order valence-electron chi connectivity index (χ1n) is 6.47. The maximum atomic E-state index is 11.2. The summed E-state index contributed by atoms with van der Waals surface area (Å²) in [4.78, 5) is 13.1. The van der Waals surface area contributed by atoms with Crippen LogP contribution in [0.5, 0.6) is 0 Å². The van der Waals surface area contributed by atoms with Crippen LogP contribution in [0.1, 0.15) is 32.2 Å².